The zero-order valence-electron chi connectivity index (χ0n) is 12.0. The molecule has 104 valence electrons. The number of fused-ring (bicyclic) bond motifs is 1. The molecule has 0 N–H and O–H groups in total. The predicted molar refractivity (Wildman–Crippen MR) is 82.7 cm³/mol. The van der Waals surface area contributed by atoms with Crippen molar-refractivity contribution in [3.63, 3.8) is 0 Å². The number of anilines is 1. The van der Waals surface area contributed by atoms with Crippen molar-refractivity contribution in [3.8, 4) is 0 Å². The SMILES string of the molecule is Cc1ccc(C2CCc3c2nc(Cl)nc3N(C)C)cc1. The van der Waals surface area contributed by atoms with Crippen LogP contribution in [-0.4, -0.2) is 24.1 Å². The summed E-state index contributed by atoms with van der Waals surface area (Å²) >= 11 is 6.10. The zero-order chi connectivity index (χ0) is 14.3. The minimum atomic E-state index is 0.338. The number of hydrogen-bond acceptors (Lipinski definition) is 3. The third-order valence-corrected chi connectivity index (χ3v) is 4.08. The van der Waals surface area contributed by atoms with Crippen LogP contribution in [0.5, 0.6) is 0 Å². The number of aryl methyl sites for hydroxylation is 1. The lowest BCUT2D eigenvalue weighted by Crippen LogP contribution is -2.14. The molecule has 0 bridgehead atoms. The predicted octanol–water partition coefficient (Wildman–Crippen LogP) is 3.58. The highest BCUT2D eigenvalue weighted by Gasteiger charge is 2.29. The summed E-state index contributed by atoms with van der Waals surface area (Å²) in [5, 5.41) is 0.339. The Morgan fingerprint density at radius 3 is 2.50 bits per heavy atom. The molecule has 0 saturated carbocycles. The molecule has 3 rings (SSSR count). The fourth-order valence-corrected chi connectivity index (χ4v) is 3.08. The summed E-state index contributed by atoms with van der Waals surface area (Å²) in [5.41, 5.74) is 4.93. The van der Waals surface area contributed by atoms with E-state index < -0.39 is 0 Å². The average Bonchev–Trinajstić information content (AvgIpc) is 2.82. The summed E-state index contributed by atoms with van der Waals surface area (Å²) in [4.78, 5) is 10.9. The van der Waals surface area contributed by atoms with Crippen LogP contribution in [0.15, 0.2) is 24.3 Å². The Hall–Kier alpha value is -1.61. The van der Waals surface area contributed by atoms with Crippen molar-refractivity contribution < 1.29 is 0 Å². The van der Waals surface area contributed by atoms with E-state index in [4.69, 9.17) is 11.6 Å². The van der Waals surface area contributed by atoms with E-state index in [2.05, 4.69) is 41.2 Å². The summed E-state index contributed by atoms with van der Waals surface area (Å²) in [6.45, 7) is 2.11. The van der Waals surface area contributed by atoms with Gasteiger partial charge in [-0.1, -0.05) is 29.8 Å². The van der Waals surface area contributed by atoms with Crippen molar-refractivity contribution in [2.75, 3.05) is 19.0 Å². The van der Waals surface area contributed by atoms with Crippen molar-refractivity contribution in [3.05, 3.63) is 51.9 Å². The largest absolute Gasteiger partial charge is 0.362 e. The van der Waals surface area contributed by atoms with E-state index in [1.807, 2.05) is 19.0 Å². The number of halogens is 1. The molecule has 0 aliphatic heterocycles. The maximum absolute atomic E-state index is 6.10. The third kappa shape index (κ3) is 2.27. The summed E-state index contributed by atoms with van der Waals surface area (Å²) in [6, 6.07) is 8.70. The molecule has 1 aliphatic rings. The molecule has 0 spiro atoms. The summed E-state index contributed by atoms with van der Waals surface area (Å²) in [5.74, 6) is 1.29. The molecule has 0 fully saturated rings. The van der Waals surface area contributed by atoms with Gasteiger partial charge in [0, 0.05) is 25.6 Å². The van der Waals surface area contributed by atoms with Crippen LogP contribution in [0.4, 0.5) is 5.82 Å². The van der Waals surface area contributed by atoms with Crippen LogP contribution in [0.25, 0.3) is 0 Å². The molecular formula is C16H18ClN3. The Morgan fingerprint density at radius 1 is 1.15 bits per heavy atom. The van der Waals surface area contributed by atoms with Crippen molar-refractivity contribution in [2.24, 2.45) is 0 Å². The van der Waals surface area contributed by atoms with Gasteiger partial charge in [-0.25, -0.2) is 9.97 Å². The standard InChI is InChI=1S/C16H18ClN3/c1-10-4-6-11(7-5-10)12-8-9-13-14(12)18-16(17)19-15(13)20(2)3/h4-7,12H,8-9H2,1-3H3. The highest BCUT2D eigenvalue weighted by molar-refractivity contribution is 6.28. The lowest BCUT2D eigenvalue weighted by atomic mass is 9.96. The fourth-order valence-electron chi connectivity index (χ4n) is 2.91. The Bertz CT molecular complexity index is 635. The quantitative estimate of drug-likeness (QED) is 0.791. The zero-order valence-corrected chi connectivity index (χ0v) is 12.8. The average molecular weight is 288 g/mol. The highest BCUT2D eigenvalue weighted by Crippen LogP contribution is 2.40. The summed E-state index contributed by atoms with van der Waals surface area (Å²) < 4.78 is 0. The molecule has 1 aliphatic carbocycles. The van der Waals surface area contributed by atoms with Crippen molar-refractivity contribution >= 4 is 17.4 Å². The van der Waals surface area contributed by atoms with Gasteiger partial charge in [-0.3, -0.25) is 0 Å². The van der Waals surface area contributed by atoms with Gasteiger partial charge in [0.15, 0.2) is 0 Å². The van der Waals surface area contributed by atoms with Gasteiger partial charge >= 0.3 is 0 Å². The van der Waals surface area contributed by atoms with Crippen molar-refractivity contribution in [1.29, 1.82) is 0 Å². The van der Waals surface area contributed by atoms with Crippen LogP contribution < -0.4 is 4.90 Å². The van der Waals surface area contributed by atoms with E-state index >= 15 is 0 Å². The summed E-state index contributed by atoms with van der Waals surface area (Å²) in [7, 11) is 4.00. The second-order valence-corrected chi connectivity index (χ2v) is 5.91. The summed E-state index contributed by atoms with van der Waals surface area (Å²) in [6.07, 6.45) is 2.09. The molecular weight excluding hydrogens is 270 g/mol. The molecule has 0 amide bonds. The minimum Gasteiger partial charge on any atom is -0.362 e. The van der Waals surface area contributed by atoms with E-state index in [9.17, 15) is 0 Å². The molecule has 1 aromatic carbocycles. The molecule has 1 heterocycles. The third-order valence-electron chi connectivity index (χ3n) is 3.91. The van der Waals surface area contributed by atoms with Gasteiger partial charge in [0.1, 0.15) is 5.82 Å². The van der Waals surface area contributed by atoms with Gasteiger partial charge in [-0.2, -0.15) is 0 Å². The number of hydrogen-bond donors (Lipinski definition) is 0. The number of rotatable bonds is 2. The van der Waals surface area contributed by atoms with Gasteiger partial charge in [0.25, 0.3) is 0 Å². The van der Waals surface area contributed by atoms with Crippen LogP contribution in [0.3, 0.4) is 0 Å². The van der Waals surface area contributed by atoms with Crippen LogP contribution in [0.2, 0.25) is 5.28 Å². The molecule has 4 heteroatoms. The minimum absolute atomic E-state index is 0.338. The Labute approximate surface area is 124 Å². The number of nitrogens with zero attached hydrogens (tertiary/aromatic N) is 3. The maximum Gasteiger partial charge on any atom is 0.224 e. The van der Waals surface area contributed by atoms with Crippen LogP contribution >= 0.6 is 11.6 Å². The van der Waals surface area contributed by atoms with E-state index in [-0.39, 0.29) is 0 Å². The topological polar surface area (TPSA) is 29.0 Å². The fraction of sp³-hybridized carbons (Fsp3) is 0.375. The first-order valence-corrected chi connectivity index (χ1v) is 7.24. The van der Waals surface area contributed by atoms with Crippen LogP contribution in [0, 0.1) is 6.92 Å². The van der Waals surface area contributed by atoms with Crippen LogP contribution in [-0.2, 0) is 6.42 Å². The van der Waals surface area contributed by atoms with E-state index in [1.54, 1.807) is 0 Å². The van der Waals surface area contributed by atoms with E-state index in [0.29, 0.717) is 11.2 Å². The van der Waals surface area contributed by atoms with Gasteiger partial charge < -0.3 is 4.90 Å². The lowest BCUT2D eigenvalue weighted by Gasteiger charge is -2.17. The molecule has 20 heavy (non-hydrogen) atoms. The first kappa shape index (κ1) is 13.4. The molecule has 2 aromatic rings. The molecule has 0 saturated heterocycles. The van der Waals surface area contributed by atoms with Crippen molar-refractivity contribution in [1.82, 2.24) is 9.97 Å². The number of aromatic nitrogens is 2. The smallest absolute Gasteiger partial charge is 0.224 e. The second kappa shape index (κ2) is 5.06. The van der Waals surface area contributed by atoms with E-state index in [0.717, 1.165) is 24.4 Å². The molecule has 3 nitrogen and oxygen atoms in total. The molecule has 1 unspecified atom stereocenters. The van der Waals surface area contributed by atoms with E-state index in [1.165, 1.54) is 16.7 Å². The monoisotopic (exact) mass is 287 g/mol. The first-order valence-electron chi connectivity index (χ1n) is 6.86. The normalized spacial score (nSPS) is 17.1. The lowest BCUT2D eigenvalue weighted by molar-refractivity contribution is 0.771. The Kier molecular flexibility index (Phi) is 3.38. The van der Waals surface area contributed by atoms with Gasteiger partial charge in [0.2, 0.25) is 5.28 Å². The van der Waals surface area contributed by atoms with Gasteiger partial charge in [-0.15, -0.1) is 0 Å². The molecule has 0 radical (unpaired) electrons. The maximum atomic E-state index is 6.10. The molecule has 1 aromatic heterocycles. The number of benzene rings is 1. The van der Waals surface area contributed by atoms with Gasteiger partial charge in [-0.05, 0) is 36.9 Å². The Morgan fingerprint density at radius 2 is 1.85 bits per heavy atom. The Balaban J connectivity index is 2.08. The van der Waals surface area contributed by atoms with Crippen molar-refractivity contribution in [2.45, 2.75) is 25.7 Å². The highest BCUT2D eigenvalue weighted by atomic mass is 35.5. The second-order valence-electron chi connectivity index (χ2n) is 5.58. The molecule has 1 atom stereocenters. The first-order chi connectivity index (χ1) is 9.56. The van der Waals surface area contributed by atoms with Crippen LogP contribution in [0.1, 0.15) is 34.7 Å². The van der Waals surface area contributed by atoms with Gasteiger partial charge in [0.05, 0.1) is 5.69 Å².